The van der Waals surface area contributed by atoms with Crippen molar-refractivity contribution in [2.75, 3.05) is 0 Å². The first-order valence-corrected chi connectivity index (χ1v) is 22.9. The molecule has 0 unspecified atom stereocenters. The van der Waals surface area contributed by atoms with E-state index in [2.05, 4.69) is 235 Å². The largest absolute Gasteiger partial charge is 0.456 e. The van der Waals surface area contributed by atoms with Crippen molar-refractivity contribution in [2.24, 2.45) is 0 Å². The average molecular weight is 869 g/mol. The molecule has 0 bridgehead atoms. The molecule has 0 atom stereocenters. The Kier molecular flexibility index (Phi) is 9.43. The third-order valence-corrected chi connectivity index (χ3v) is 13.0. The smallest absolute Gasteiger partial charge is 0.164 e. The summed E-state index contributed by atoms with van der Waals surface area (Å²) in [4.78, 5) is 15.5. The lowest BCUT2D eigenvalue weighted by atomic mass is 9.99. The first-order chi connectivity index (χ1) is 33.7. The molecule has 5 heteroatoms. The van der Waals surface area contributed by atoms with E-state index in [9.17, 15) is 0 Å². The molecule has 0 aliphatic carbocycles. The number of furan rings is 1. The van der Waals surface area contributed by atoms with Crippen LogP contribution in [-0.2, 0) is 0 Å². The molecule has 0 fully saturated rings. The second-order valence-corrected chi connectivity index (χ2v) is 17.2. The van der Waals surface area contributed by atoms with Crippen LogP contribution >= 0.6 is 0 Å². The van der Waals surface area contributed by atoms with Gasteiger partial charge in [0.2, 0.25) is 0 Å². The van der Waals surface area contributed by atoms with E-state index < -0.39 is 0 Å². The van der Waals surface area contributed by atoms with E-state index in [4.69, 9.17) is 19.4 Å². The molecule has 0 spiro atoms. The number of hydrogen-bond acceptors (Lipinski definition) is 4. The molecule has 0 saturated carbocycles. The lowest BCUT2D eigenvalue weighted by molar-refractivity contribution is 0.669. The van der Waals surface area contributed by atoms with Crippen molar-refractivity contribution < 1.29 is 4.42 Å². The normalized spacial score (nSPS) is 11.5. The molecule has 0 N–H and O–H groups in total. The molecule has 0 aliphatic rings. The molecular weight excluding hydrogens is 829 g/mol. The van der Waals surface area contributed by atoms with Gasteiger partial charge in [-0.3, -0.25) is 0 Å². The first-order valence-electron chi connectivity index (χ1n) is 22.9. The van der Waals surface area contributed by atoms with Gasteiger partial charge in [0, 0.05) is 38.5 Å². The van der Waals surface area contributed by atoms with Crippen LogP contribution in [0.4, 0.5) is 0 Å². The summed E-state index contributed by atoms with van der Waals surface area (Å²) in [6.45, 7) is 0. The summed E-state index contributed by atoms with van der Waals surface area (Å²) in [7, 11) is 0. The van der Waals surface area contributed by atoms with Crippen molar-refractivity contribution in [3.05, 3.63) is 243 Å². The molecule has 68 heavy (non-hydrogen) atoms. The van der Waals surface area contributed by atoms with Gasteiger partial charge in [-0.2, -0.15) is 0 Å². The highest BCUT2D eigenvalue weighted by atomic mass is 16.3. The van der Waals surface area contributed by atoms with Crippen molar-refractivity contribution in [1.82, 2.24) is 19.5 Å². The summed E-state index contributed by atoms with van der Waals surface area (Å²) in [5, 5.41) is 4.44. The molecule has 13 rings (SSSR count). The van der Waals surface area contributed by atoms with Gasteiger partial charge >= 0.3 is 0 Å². The molecule has 0 amide bonds. The molecule has 3 heterocycles. The van der Waals surface area contributed by atoms with Crippen molar-refractivity contribution in [1.29, 1.82) is 0 Å². The minimum atomic E-state index is 0.566. The molecule has 5 nitrogen and oxygen atoms in total. The molecule has 318 valence electrons. The van der Waals surface area contributed by atoms with Gasteiger partial charge in [0.1, 0.15) is 11.2 Å². The van der Waals surface area contributed by atoms with Gasteiger partial charge in [-0.25, -0.2) is 15.0 Å². The highest BCUT2D eigenvalue weighted by molar-refractivity contribution is 6.24. The summed E-state index contributed by atoms with van der Waals surface area (Å²) in [5.41, 5.74) is 16.7. The van der Waals surface area contributed by atoms with E-state index in [1.165, 1.54) is 27.5 Å². The minimum Gasteiger partial charge on any atom is -0.456 e. The Labute approximate surface area is 392 Å². The van der Waals surface area contributed by atoms with Crippen LogP contribution in [0.3, 0.4) is 0 Å². The van der Waals surface area contributed by atoms with Gasteiger partial charge < -0.3 is 8.98 Å². The highest BCUT2D eigenvalue weighted by Crippen LogP contribution is 2.42. The van der Waals surface area contributed by atoms with Gasteiger partial charge in [0.05, 0.1) is 16.4 Å². The zero-order valence-corrected chi connectivity index (χ0v) is 36.8. The fourth-order valence-corrected chi connectivity index (χ4v) is 9.74. The Hall–Kier alpha value is -9.19. The monoisotopic (exact) mass is 868 g/mol. The third-order valence-electron chi connectivity index (χ3n) is 13.0. The first kappa shape index (κ1) is 39.2. The van der Waals surface area contributed by atoms with Crippen LogP contribution in [-0.4, -0.2) is 19.5 Å². The summed E-state index contributed by atoms with van der Waals surface area (Å²) in [6.07, 6.45) is 0. The average Bonchev–Trinajstić information content (AvgIpc) is 3.97. The highest BCUT2D eigenvalue weighted by Gasteiger charge is 2.21. The topological polar surface area (TPSA) is 56.7 Å². The van der Waals surface area contributed by atoms with Crippen LogP contribution in [0.25, 0.3) is 128 Å². The van der Waals surface area contributed by atoms with Gasteiger partial charge in [0.15, 0.2) is 17.5 Å². The van der Waals surface area contributed by atoms with E-state index in [1.54, 1.807) is 0 Å². The standard InChI is InChI=1S/C63H40N4O/c1-4-15-41(16-5-1)45-21-12-22-46(37-45)44-29-32-52(33-30-44)67-56-28-11-10-27-53(56)54-35-36-57-59(60(54)67)55-34-31-51(40-58(55)68-57)63-65-61(49-25-13-23-47(38-49)42-17-6-2-7-18-42)64-62(66-63)50-26-14-24-48(39-50)43-19-8-3-9-20-43/h1-40H. The van der Waals surface area contributed by atoms with Crippen molar-refractivity contribution in [3.8, 4) is 84.4 Å². The van der Waals surface area contributed by atoms with Crippen molar-refractivity contribution >= 4 is 43.7 Å². The summed E-state index contributed by atoms with van der Waals surface area (Å²) in [6, 6.07) is 85.2. The van der Waals surface area contributed by atoms with Gasteiger partial charge in [0.25, 0.3) is 0 Å². The number of hydrogen-bond donors (Lipinski definition) is 0. The maximum atomic E-state index is 6.81. The predicted molar refractivity (Wildman–Crippen MR) is 279 cm³/mol. The molecule has 3 aromatic heterocycles. The van der Waals surface area contributed by atoms with Crippen molar-refractivity contribution in [2.45, 2.75) is 0 Å². The second-order valence-electron chi connectivity index (χ2n) is 17.2. The zero-order chi connectivity index (χ0) is 45.0. The van der Waals surface area contributed by atoms with Gasteiger partial charge in [-0.1, -0.05) is 182 Å². The third kappa shape index (κ3) is 6.93. The fraction of sp³-hybridized carbons (Fsp3) is 0. The molecule has 10 aromatic carbocycles. The van der Waals surface area contributed by atoms with E-state index in [1.807, 2.05) is 12.1 Å². The molecular formula is C63H40N4O. The number of para-hydroxylation sites is 1. The van der Waals surface area contributed by atoms with Crippen LogP contribution in [0.15, 0.2) is 247 Å². The SMILES string of the molecule is c1ccc(-c2cccc(-c3ccc(-n4c5ccccc5c5ccc6oc7cc(-c8nc(-c9cccc(-c%10ccccc%10)c9)nc(-c9cccc(-c%10ccccc%10)c9)n8)ccc7c6c54)cc3)c2)cc1. The lowest BCUT2D eigenvalue weighted by Crippen LogP contribution is -2.00. The van der Waals surface area contributed by atoms with E-state index >= 15 is 0 Å². The Balaban J connectivity index is 0.946. The van der Waals surface area contributed by atoms with E-state index in [0.29, 0.717) is 17.5 Å². The van der Waals surface area contributed by atoms with Crippen LogP contribution in [0.1, 0.15) is 0 Å². The Morgan fingerprint density at radius 3 is 1.24 bits per heavy atom. The summed E-state index contributed by atoms with van der Waals surface area (Å²) < 4.78 is 9.20. The van der Waals surface area contributed by atoms with Gasteiger partial charge in [-0.15, -0.1) is 0 Å². The second kappa shape index (κ2) is 16.4. The summed E-state index contributed by atoms with van der Waals surface area (Å²) >= 11 is 0. The number of aromatic nitrogens is 4. The van der Waals surface area contributed by atoms with E-state index in [0.717, 1.165) is 83.2 Å². The Bertz CT molecular complexity index is 3900. The Morgan fingerprint density at radius 1 is 0.279 bits per heavy atom. The van der Waals surface area contributed by atoms with Crippen LogP contribution in [0.5, 0.6) is 0 Å². The maximum absolute atomic E-state index is 6.81. The summed E-state index contributed by atoms with van der Waals surface area (Å²) in [5.74, 6) is 1.76. The maximum Gasteiger partial charge on any atom is 0.164 e. The zero-order valence-electron chi connectivity index (χ0n) is 36.8. The molecule has 0 aliphatic heterocycles. The van der Waals surface area contributed by atoms with Crippen LogP contribution in [0.2, 0.25) is 0 Å². The fourth-order valence-electron chi connectivity index (χ4n) is 9.74. The van der Waals surface area contributed by atoms with E-state index in [-0.39, 0.29) is 0 Å². The lowest BCUT2D eigenvalue weighted by Gasteiger charge is -2.11. The predicted octanol–water partition coefficient (Wildman–Crippen LogP) is 16.5. The molecule has 13 aromatic rings. The van der Waals surface area contributed by atoms with Gasteiger partial charge in [-0.05, 0) is 105 Å². The molecule has 0 radical (unpaired) electrons. The van der Waals surface area contributed by atoms with Crippen molar-refractivity contribution in [3.63, 3.8) is 0 Å². The minimum absolute atomic E-state index is 0.566. The van der Waals surface area contributed by atoms with Crippen LogP contribution < -0.4 is 0 Å². The number of fused-ring (bicyclic) bond motifs is 7. The van der Waals surface area contributed by atoms with Crippen LogP contribution in [0, 0.1) is 0 Å². The molecule has 0 saturated heterocycles. The quantitative estimate of drug-likeness (QED) is 0.153. The number of nitrogens with zero attached hydrogens (tertiary/aromatic N) is 4. The number of rotatable bonds is 8. The number of benzene rings is 10. The Morgan fingerprint density at radius 2 is 0.691 bits per heavy atom.